The molecule has 1 saturated heterocycles. The van der Waals surface area contributed by atoms with Gasteiger partial charge in [-0.2, -0.15) is 0 Å². The van der Waals surface area contributed by atoms with Crippen molar-refractivity contribution in [2.45, 2.75) is 32.9 Å². The number of benzene rings is 1. The minimum Gasteiger partial charge on any atom is -0.444 e. The number of nitro groups is 1. The van der Waals surface area contributed by atoms with Gasteiger partial charge in [-0.1, -0.05) is 12.1 Å². The van der Waals surface area contributed by atoms with Gasteiger partial charge in [-0.3, -0.25) is 19.8 Å². The fraction of sp³-hybridized carbons (Fsp3) is 0.500. The summed E-state index contributed by atoms with van der Waals surface area (Å²) < 4.78 is 5.27. The normalized spacial score (nSPS) is 15.4. The van der Waals surface area contributed by atoms with Crippen LogP contribution in [-0.4, -0.2) is 52.0 Å². The Hall–Kier alpha value is -2.64. The van der Waals surface area contributed by atoms with E-state index in [9.17, 15) is 19.7 Å². The molecule has 1 heterocycles. The maximum atomic E-state index is 12.2. The van der Waals surface area contributed by atoms with Gasteiger partial charge < -0.3 is 9.64 Å². The Morgan fingerprint density at radius 2 is 1.88 bits per heavy atom. The highest BCUT2D eigenvalue weighted by Gasteiger charge is 2.30. The molecule has 0 unspecified atom stereocenters. The lowest BCUT2D eigenvalue weighted by Gasteiger charge is -2.35. The summed E-state index contributed by atoms with van der Waals surface area (Å²) in [7, 11) is 0. The number of ether oxygens (including phenoxy) is 1. The first-order valence-electron chi connectivity index (χ1n) is 7.65. The van der Waals surface area contributed by atoms with Crippen molar-refractivity contribution in [3.8, 4) is 0 Å². The highest BCUT2D eigenvalue weighted by atomic mass is 16.6. The van der Waals surface area contributed by atoms with Crippen LogP contribution in [0.4, 0.5) is 10.5 Å². The topological polar surface area (TPSA) is 93.0 Å². The van der Waals surface area contributed by atoms with Crippen LogP contribution in [-0.2, 0) is 16.1 Å². The Kier molecular flexibility index (Phi) is 5.06. The fourth-order valence-electron chi connectivity index (χ4n) is 2.30. The van der Waals surface area contributed by atoms with E-state index in [4.69, 9.17) is 4.74 Å². The van der Waals surface area contributed by atoms with Crippen LogP contribution < -0.4 is 0 Å². The van der Waals surface area contributed by atoms with Crippen molar-refractivity contribution in [2.24, 2.45) is 0 Å². The van der Waals surface area contributed by atoms with E-state index < -0.39 is 16.6 Å². The van der Waals surface area contributed by atoms with E-state index in [2.05, 4.69) is 0 Å². The Balaban J connectivity index is 1.93. The molecule has 8 nitrogen and oxygen atoms in total. The second kappa shape index (κ2) is 6.86. The lowest BCUT2D eigenvalue weighted by Crippen LogP contribution is -2.52. The van der Waals surface area contributed by atoms with Gasteiger partial charge >= 0.3 is 6.09 Å². The Morgan fingerprint density at radius 3 is 2.38 bits per heavy atom. The number of rotatable bonds is 3. The van der Waals surface area contributed by atoms with Crippen LogP contribution in [0.5, 0.6) is 0 Å². The number of amides is 2. The molecule has 0 aliphatic carbocycles. The molecule has 130 valence electrons. The minimum absolute atomic E-state index is 0.0137. The standard InChI is InChI=1S/C16H21N3O5/c1-16(2,3)24-15(21)18-9-8-17(14(20)11-18)10-12-4-6-13(7-5-12)19(22)23/h4-7H,8-11H2,1-3H3. The number of non-ortho nitro benzene ring substituents is 1. The largest absolute Gasteiger partial charge is 0.444 e. The summed E-state index contributed by atoms with van der Waals surface area (Å²) in [6.45, 7) is 6.45. The van der Waals surface area contributed by atoms with E-state index in [1.165, 1.54) is 17.0 Å². The predicted molar refractivity (Wildman–Crippen MR) is 86.3 cm³/mol. The number of nitro benzene ring substituents is 1. The molecule has 1 aromatic rings. The van der Waals surface area contributed by atoms with Crippen molar-refractivity contribution < 1.29 is 19.2 Å². The number of nitrogens with zero attached hydrogens (tertiary/aromatic N) is 3. The van der Waals surface area contributed by atoms with Crippen LogP contribution >= 0.6 is 0 Å². The third-order valence-electron chi connectivity index (χ3n) is 3.49. The highest BCUT2D eigenvalue weighted by molar-refractivity contribution is 5.83. The van der Waals surface area contributed by atoms with Crippen LogP contribution in [0.3, 0.4) is 0 Å². The molecule has 0 spiro atoms. The molecule has 2 rings (SSSR count). The van der Waals surface area contributed by atoms with Gasteiger partial charge in [0, 0.05) is 31.8 Å². The number of hydrogen-bond donors (Lipinski definition) is 0. The second-order valence-electron chi connectivity index (χ2n) is 6.64. The van der Waals surface area contributed by atoms with E-state index in [1.54, 1.807) is 37.8 Å². The summed E-state index contributed by atoms with van der Waals surface area (Å²) in [6.07, 6.45) is -0.495. The van der Waals surface area contributed by atoms with E-state index in [-0.39, 0.29) is 18.1 Å². The van der Waals surface area contributed by atoms with Crippen molar-refractivity contribution in [1.82, 2.24) is 9.80 Å². The zero-order valence-electron chi connectivity index (χ0n) is 14.0. The fourth-order valence-corrected chi connectivity index (χ4v) is 2.30. The van der Waals surface area contributed by atoms with Gasteiger partial charge in [0.1, 0.15) is 12.1 Å². The molecule has 0 atom stereocenters. The van der Waals surface area contributed by atoms with Crippen LogP contribution in [0.25, 0.3) is 0 Å². The van der Waals surface area contributed by atoms with Crippen LogP contribution in [0, 0.1) is 10.1 Å². The van der Waals surface area contributed by atoms with Crippen molar-refractivity contribution >= 4 is 17.7 Å². The third-order valence-corrected chi connectivity index (χ3v) is 3.49. The lowest BCUT2D eigenvalue weighted by molar-refractivity contribution is -0.384. The first-order valence-corrected chi connectivity index (χ1v) is 7.65. The van der Waals surface area contributed by atoms with E-state index >= 15 is 0 Å². The monoisotopic (exact) mass is 335 g/mol. The molecule has 0 bridgehead atoms. The quantitative estimate of drug-likeness (QED) is 0.623. The van der Waals surface area contributed by atoms with E-state index in [0.29, 0.717) is 19.6 Å². The number of carbonyl (C=O) groups excluding carboxylic acids is 2. The van der Waals surface area contributed by atoms with Crippen molar-refractivity contribution in [3.63, 3.8) is 0 Å². The average molecular weight is 335 g/mol. The maximum absolute atomic E-state index is 12.2. The lowest BCUT2D eigenvalue weighted by atomic mass is 10.2. The van der Waals surface area contributed by atoms with Gasteiger partial charge in [0.2, 0.25) is 5.91 Å². The molecule has 1 aromatic carbocycles. The predicted octanol–water partition coefficient (Wildman–Crippen LogP) is 2.17. The first-order chi connectivity index (χ1) is 11.2. The Bertz CT molecular complexity index is 636. The number of piperazine rings is 1. The average Bonchev–Trinajstić information content (AvgIpc) is 2.48. The molecule has 1 aliphatic rings. The third kappa shape index (κ3) is 4.68. The summed E-state index contributed by atoms with van der Waals surface area (Å²) in [5, 5.41) is 10.6. The number of carbonyl (C=O) groups is 2. The number of hydrogen-bond acceptors (Lipinski definition) is 5. The summed E-state index contributed by atoms with van der Waals surface area (Å²) in [5.41, 5.74) is 0.218. The van der Waals surface area contributed by atoms with E-state index in [0.717, 1.165) is 5.56 Å². The van der Waals surface area contributed by atoms with Gasteiger partial charge in [0.15, 0.2) is 0 Å². The van der Waals surface area contributed by atoms with Gasteiger partial charge in [0.25, 0.3) is 5.69 Å². The molecule has 2 amide bonds. The molecular formula is C16H21N3O5. The maximum Gasteiger partial charge on any atom is 0.410 e. The molecular weight excluding hydrogens is 314 g/mol. The molecule has 8 heteroatoms. The van der Waals surface area contributed by atoms with Gasteiger partial charge in [-0.15, -0.1) is 0 Å². The molecule has 0 N–H and O–H groups in total. The van der Waals surface area contributed by atoms with Crippen LogP contribution in [0.2, 0.25) is 0 Å². The van der Waals surface area contributed by atoms with Crippen molar-refractivity contribution in [3.05, 3.63) is 39.9 Å². The molecule has 1 aliphatic heterocycles. The first kappa shape index (κ1) is 17.7. The summed E-state index contributed by atoms with van der Waals surface area (Å²) in [5.74, 6) is -0.175. The van der Waals surface area contributed by atoms with E-state index in [1.807, 2.05) is 0 Å². The summed E-state index contributed by atoms with van der Waals surface area (Å²) >= 11 is 0. The smallest absolute Gasteiger partial charge is 0.410 e. The molecule has 24 heavy (non-hydrogen) atoms. The molecule has 1 fully saturated rings. The zero-order valence-corrected chi connectivity index (χ0v) is 14.0. The Morgan fingerprint density at radius 1 is 1.25 bits per heavy atom. The molecule has 0 aromatic heterocycles. The van der Waals surface area contributed by atoms with Crippen molar-refractivity contribution in [2.75, 3.05) is 19.6 Å². The SMILES string of the molecule is CC(C)(C)OC(=O)N1CCN(Cc2ccc([N+](=O)[O-])cc2)C(=O)C1. The van der Waals surface area contributed by atoms with Gasteiger partial charge in [0.05, 0.1) is 4.92 Å². The molecule has 0 saturated carbocycles. The highest BCUT2D eigenvalue weighted by Crippen LogP contribution is 2.16. The summed E-state index contributed by atoms with van der Waals surface area (Å²) in [6, 6.07) is 6.09. The van der Waals surface area contributed by atoms with Crippen molar-refractivity contribution in [1.29, 1.82) is 0 Å². The van der Waals surface area contributed by atoms with Gasteiger partial charge in [-0.05, 0) is 26.3 Å². The second-order valence-corrected chi connectivity index (χ2v) is 6.64. The molecule has 0 radical (unpaired) electrons. The van der Waals surface area contributed by atoms with Gasteiger partial charge in [-0.25, -0.2) is 4.79 Å². The summed E-state index contributed by atoms with van der Waals surface area (Å²) in [4.78, 5) is 37.4. The zero-order chi connectivity index (χ0) is 17.9. The van der Waals surface area contributed by atoms with Crippen LogP contribution in [0.15, 0.2) is 24.3 Å². The minimum atomic E-state index is -0.601. The van der Waals surface area contributed by atoms with Crippen LogP contribution in [0.1, 0.15) is 26.3 Å². The Labute approximate surface area is 140 Å².